The van der Waals surface area contributed by atoms with Crippen molar-refractivity contribution in [2.45, 2.75) is 25.7 Å². The first-order valence-corrected chi connectivity index (χ1v) is 6.91. The van der Waals surface area contributed by atoms with Crippen LogP contribution >= 0.6 is 0 Å². The lowest BCUT2D eigenvalue weighted by Gasteiger charge is -2.21. The molecule has 2 heterocycles. The fourth-order valence-corrected chi connectivity index (χ4v) is 2.30. The van der Waals surface area contributed by atoms with Gasteiger partial charge in [0.25, 0.3) is 5.91 Å². The molecule has 0 bridgehead atoms. The van der Waals surface area contributed by atoms with Gasteiger partial charge in [-0.1, -0.05) is 12.8 Å². The third-order valence-electron chi connectivity index (χ3n) is 3.34. The molecule has 2 N–H and O–H groups in total. The van der Waals surface area contributed by atoms with Crippen molar-refractivity contribution in [2.75, 3.05) is 31.1 Å². The summed E-state index contributed by atoms with van der Waals surface area (Å²) in [5.74, 6) is 0.714. The van der Waals surface area contributed by atoms with E-state index >= 15 is 0 Å². The van der Waals surface area contributed by atoms with Crippen molar-refractivity contribution < 1.29 is 9.90 Å². The highest BCUT2D eigenvalue weighted by Gasteiger charge is 2.13. The topological polar surface area (TPSA) is 65.5 Å². The molecule has 0 unspecified atom stereocenters. The standard InChI is InChI=1S/C14H21N3O2/c18-10-7-16-14(19)12-5-6-15-13(11-12)17-8-3-1-2-4-9-17/h5-6,11,18H,1-4,7-10H2,(H,16,19). The second-order valence-electron chi connectivity index (χ2n) is 4.78. The molecule has 1 aromatic rings. The van der Waals surface area contributed by atoms with E-state index in [-0.39, 0.29) is 19.1 Å². The van der Waals surface area contributed by atoms with Crippen LogP contribution in [0.1, 0.15) is 36.0 Å². The highest BCUT2D eigenvalue weighted by molar-refractivity contribution is 5.94. The number of anilines is 1. The van der Waals surface area contributed by atoms with Crippen molar-refractivity contribution in [3.05, 3.63) is 23.9 Å². The number of nitrogens with one attached hydrogen (secondary N) is 1. The zero-order valence-electron chi connectivity index (χ0n) is 11.1. The molecule has 5 nitrogen and oxygen atoms in total. The molecule has 19 heavy (non-hydrogen) atoms. The number of pyridine rings is 1. The number of nitrogens with zero attached hydrogens (tertiary/aromatic N) is 2. The summed E-state index contributed by atoms with van der Waals surface area (Å²) in [7, 11) is 0. The molecule has 1 fully saturated rings. The Morgan fingerprint density at radius 2 is 2.05 bits per heavy atom. The molecule has 1 aromatic heterocycles. The zero-order valence-corrected chi connectivity index (χ0v) is 11.1. The third kappa shape index (κ3) is 3.92. The molecule has 0 radical (unpaired) electrons. The first-order chi connectivity index (χ1) is 9.31. The number of amides is 1. The van der Waals surface area contributed by atoms with Crippen LogP contribution < -0.4 is 10.2 Å². The van der Waals surface area contributed by atoms with Gasteiger partial charge in [0, 0.05) is 31.4 Å². The molecule has 0 spiro atoms. The Morgan fingerprint density at radius 3 is 2.74 bits per heavy atom. The predicted octanol–water partition coefficient (Wildman–Crippen LogP) is 1.18. The Morgan fingerprint density at radius 1 is 1.32 bits per heavy atom. The van der Waals surface area contributed by atoms with Crippen molar-refractivity contribution >= 4 is 11.7 Å². The second kappa shape index (κ2) is 7.09. The summed E-state index contributed by atoms with van der Waals surface area (Å²) in [6.45, 7) is 2.25. The van der Waals surface area contributed by atoms with Crippen LogP contribution in [0.2, 0.25) is 0 Å². The van der Waals surface area contributed by atoms with Crippen LogP contribution in [-0.4, -0.2) is 42.2 Å². The Labute approximate surface area is 113 Å². The lowest BCUT2D eigenvalue weighted by atomic mass is 10.2. The molecule has 1 amide bonds. The van der Waals surface area contributed by atoms with Crippen molar-refractivity contribution in [3.63, 3.8) is 0 Å². The maximum Gasteiger partial charge on any atom is 0.251 e. The Bertz CT molecular complexity index is 415. The number of aliphatic hydroxyl groups excluding tert-OH is 1. The predicted molar refractivity (Wildman–Crippen MR) is 74.3 cm³/mol. The minimum atomic E-state index is -0.160. The van der Waals surface area contributed by atoms with E-state index in [1.807, 2.05) is 6.07 Å². The molecule has 1 aliphatic rings. The van der Waals surface area contributed by atoms with Crippen LogP contribution in [0, 0.1) is 0 Å². The molecular formula is C14H21N3O2. The van der Waals surface area contributed by atoms with Crippen molar-refractivity contribution in [1.29, 1.82) is 0 Å². The quantitative estimate of drug-likeness (QED) is 0.856. The molecule has 0 aromatic carbocycles. The molecule has 0 atom stereocenters. The smallest absolute Gasteiger partial charge is 0.251 e. The zero-order chi connectivity index (χ0) is 13.5. The number of hydrogen-bond acceptors (Lipinski definition) is 4. The van der Waals surface area contributed by atoms with Gasteiger partial charge in [0.1, 0.15) is 5.82 Å². The summed E-state index contributed by atoms with van der Waals surface area (Å²) in [4.78, 5) is 18.4. The van der Waals surface area contributed by atoms with Crippen LogP contribution in [0.25, 0.3) is 0 Å². The second-order valence-corrected chi connectivity index (χ2v) is 4.78. The Hall–Kier alpha value is -1.62. The first kappa shape index (κ1) is 13.8. The number of carbonyl (C=O) groups is 1. The molecule has 1 saturated heterocycles. The minimum Gasteiger partial charge on any atom is -0.395 e. The molecule has 2 rings (SSSR count). The van der Waals surface area contributed by atoms with Gasteiger partial charge < -0.3 is 15.3 Å². The minimum absolute atomic E-state index is 0.0458. The fourth-order valence-electron chi connectivity index (χ4n) is 2.30. The van der Waals surface area contributed by atoms with Gasteiger partial charge in [0.05, 0.1) is 6.61 Å². The van der Waals surface area contributed by atoms with Gasteiger partial charge in [-0.25, -0.2) is 4.98 Å². The van der Waals surface area contributed by atoms with E-state index in [1.165, 1.54) is 25.7 Å². The summed E-state index contributed by atoms with van der Waals surface area (Å²) in [6, 6.07) is 3.53. The van der Waals surface area contributed by atoms with Crippen molar-refractivity contribution in [2.24, 2.45) is 0 Å². The average Bonchev–Trinajstić information content (AvgIpc) is 2.74. The molecule has 5 heteroatoms. The van der Waals surface area contributed by atoms with Crippen LogP contribution in [0.15, 0.2) is 18.3 Å². The summed E-state index contributed by atoms with van der Waals surface area (Å²) < 4.78 is 0. The van der Waals surface area contributed by atoms with E-state index in [0.29, 0.717) is 5.56 Å². The first-order valence-electron chi connectivity index (χ1n) is 6.91. The number of rotatable bonds is 4. The summed E-state index contributed by atoms with van der Waals surface area (Å²) >= 11 is 0. The fraction of sp³-hybridized carbons (Fsp3) is 0.571. The summed E-state index contributed by atoms with van der Waals surface area (Å²) in [5.41, 5.74) is 0.600. The Kier molecular flexibility index (Phi) is 5.15. The maximum atomic E-state index is 11.8. The van der Waals surface area contributed by atoms with Crippen LogP contribution in [0.3, 0.4) is 0 Å². The van der Waals surface area contributed by atoms with E-state index in [4.69, 9.17) is 5.11 Å². The lowest BCUT2D eigenvalue weighted by Crippen LogP contribution is -2.28. The molecule has 104 valence electrons. The van der Waals surface area contributed by atoms with E-state index < -0.39 is 0 Å². The monoisotopic (exact) mass is 263 g/mol. The average molecular weight is 263 g/mol. The summed E-state index contributed by atoms with van der Waals surface area (Å²) in [5, 5.41) is 11.4. The number of carbonyl (C=O) groups excluding carboxylic acids is 1. The lowest BCUT2D eigenvalue weighted by molar-refractivity contribution is 0.0944. The third-order valence-corrected chi connectivity index (χ3v) is 3.34. The van der Waals surface area contributed by atoms with E-state index in [0.717, 1.165) is 18.9 Å². The largest absolute Gasteiger partial charge is 0.395 e. The Balaban J connectivity index is 2.07. The van der Waals surface area contributed by atoms with Gasteiger partial charge in [-0.15, -0.1) is 0 Å². The highest BCUT2D eigenvalue weighted by atomic mass is 16.3. The van der Waals surface area contributed by atoms with Crippen LogP contribution in [-0.2, 0) is 0 Å². The summed E-state index contributed by atoms with van der Waals surface area (Å²) in [6.07, 6.45) is 6.58. The van der Waals surface area contributed by atoms with Crippen molar-refractivity contribution in [1.82, 2.24) is 10.3 Å². The normalized spacial score (nSPS) is 15.9. The molecular weight excluding hydrogens is 242 g/mol. The number of hydrogen-bond donors (Lipinski definition) is 2. The van der Waals surface area contributed by atoms with Crippen LogP contribution in [0.5, 0.6) is 0 Å². The van der Waals surface area contributed by atoms with Gasteiger partial charge in [-0.2, -0.15) is 0 Å². The van der Waals surface area contributed by atoms with Gasteiger partial charge in [0.2, 0.25) is 0 Å². The number of aromatic nitrogens is 1. The van der Waals surface area contributed by atoms with Gasteiger partial charge in [0.15, 0.2) is 0 Å². The van der Waals surface area contributed by atoms with E-state index in [9.17, 15) is 4.79 Å². The van der Waals surface area contributed by atoms with Gasteiger partial charge in [-0.05, 0) is 25.0 Å². The van der Waals surface area contributed by atoms with Gasteiger partial charge in [-0.3, -0.25) is 4.79 Å². The highest BCUT2D eigenvalue weighted by Crippen LogP contribution is 2.18. The van der Waals surface area contributed by atoms with E-state index in [1.54, 1.807) is 12.3 Å². The van der Waals surface area contributed by atoms with E-state index in [2.05, 4.69) is 15.2 Å². The molecule has 1 aliphatic heterocycles. The molecule has 0 aliphatic carbocycles. The van der Waals surface area contributed by atoms with Crippen LogP contribution in [0.4, 0.5) is 5.82 Å². The van der Waals surface area contributed by atoms with Gasteiger partial charge >= 0.3 is 0 Å². The molecule has 0 saturated carbocycles. The maximum absolute atomic E-state index is 11.8. The number of aliphatic hydroxyl groups is 1. The van der Waals surface area contributed by atoms with Crippen molar-refractivity contribution in [3.8, 4) is 0 Å². The SMILES string of the molecule is O=C(NCCO)c1ccnc(N2CCCCCC2)c1.